The van der Waals surface area contributed by atoms with Gasteiger partial charge in [-0.3, -0.25) is 4.79 Å². The molecule has 0 fully saturated rings. The molecule has 25 heavy (non-hydrogen) atoms. The highest BCUT2D eigenvalue weighted by atomic mass is 32.2. The van der Waals surface area contributed by atoms with Crippen molar-refractivity contribution in [2.24, 2.45) is 0 Å². The molecule has 2 N–H and O–H groups in total. The Morgan fingerprint density at radius 3 is 2.52 bits per heavy atom. The number of para-hydroxylation sites is 1. The zero-order valence-electron chi connectivity index (χ0n) is 13.9. The number of ether oxygens (including phenoxy) is 2. The Labute approximate surface area is 150 Å². The van der Waals surface area contributed by atoms with Crippen LogP contribution >= 0.6 is 11.8 Å². The Balaban J connectivity index is 1.95. The third-order valence-corrected chi connectivity index (χ3v) is 4.23. The lowest BCUT2D eigenvalue weighted by Crippen LogP contribution is -2.15. The molecule has 1 amide bonds. The maximum atomic E-state index is 12.1. The minimum atomic E-state index is -0.669. The van der Waals surface area contributed by atoms with E-state index in [0.717, 1.165) is 10.6 Å². The van der Waals surface area contributed by atoms with Crippen LogP contribution in [0.3, 0.4) is 0 Å². The van der Waals surface area contributed by atoms with Crippen molar-refractivity contribution >= 4 is 29.3 Å². The highest BCUT2D eigenvalue weighted by molar-refractivity contribution is 8.00. The smallest absolute Gasteiger partial charge is 0.341 e. The van der Waals surface area contributed by atoms with Crippen LogP contribution in [-0.2, 0) is 9.53 Å². The number of carbonyl (C=O) groups is 2. The van der Waals surface area contributed by atoms with Crippen molar-refractivity contribution in [1.82, 2.24) is 0 Å². The molecule has 132 valence electrons. The fraction of sp³-hybridized carbons (Fsp3) is 0.222. The van der Waals surface area contributed by atoms with Crippen LogP contribution in [-0.4, -0.2) is 36.5 Å². The molecule has 0 atom stereocenters. The Kier molecular flexibility index (Phi) is 6.71. The summed E-state index contributed by atoms with van der Waals surface area (Å²) in [6.07, 6.45) is 0. The number of phenolic OH excluding ortho intramolecular Hbond substituents is 1. The number of hydrogen-bond donors (Lipinski definition) is 2. The molecule has 0 aliphatic carbocycles. The topological polar surface area (TPSA) is 84.9 Å². The zero-order valence-corrected chi connectivity index (χ0v) is 14.8. The number of amides is 1. The number of aromatic hydroxyl groups is 1. The maximum absolute atomic E-state index is 12.1. The molecular formula is C18H19NO5S. The van der Waals surface area contributed by atoms with Gasteiger partial charge < -0.3 is 19.9 Å². The predicted octanol–water partition coefficient (Wildman–Crippen LogP) is 3.31. The van der Waals surface area contributed by atoms with E-state index in [1.54, 1.807) is 6.07 Å². The summed E-state index contributed by atoms with van der Waals surface area (Å²) in [4.78, 5) is 24.5. The molecule has 6 nitrogen and oxygen atoms in total. The largest absolute Gasteiger partial charge is 0.505 e. The summed E-state index contributed by atoms with van der Waals surface area (Å²) in [6, 6.07) is 11.9. The molecule has 0 bridgehead atoms. The molecule has 0 unspecified atom stereocenters. The second kappa shape index (κ2) is 8.98. The number of thioether (sulfide) groups is 1. The van der Waals surface area contributed by atoms with Crippen LogP contribution in [0.15, 0.2) is 47.4 Å². The predicted molar refractivity (Wildman–Crippen MR) is 96.4 cm³/mol. The second-order valence-electron chi connectivity index (χ2n) is 4.93. The molecule has 2 rings (SSSR count). The molecular weight excluding hydrogens is 342 g/mol. The van der Waals surface area contributed by atoms with Gasteiger partial charge in [0.1, 0.15) is 11.3 Å². The van der Waals surface area contributed by atoms with E-state index in [1.807, 2.05) is 31.2 Å². The van der Waals surface area contributed by atoms with Gasteiger partial charge in [0, 0.05) is 4.90 Å². The van der Waals surface area contributed by atoms with Crippen molar-refractivity contribution in [3.8, 4) is 11.5 Å². The third kappa shape index (κ3) is 5.15. The Bertz CT molecular complexity index is 746. The van der Waals surface area contributed by atoms with E-state index in [-0.39, 0.29) is 28.7 Å². The Hall–Kier alpha value is -2.67. The minimum absolute atomic E-state index is 0.000494. The van der Waals surface area contributed by atoms with Crippen molar-refractivity contribution in [2.45, 2.75) is 11.8 Å². The number of benzene rings is 2. The summed E-state index contributed by atoms with van der Waals surface area (Å²) < 4.78 is 9.95. The number of carbonyl (C=O) groups excluding carboxylic acids is 2. The minimum Gasteiger partial charge on any atom is -0.505 e. The van der Waals surface area contributed by atoms with E-state index in [4.69, 9.17) is 4.74 Å². The van der Waals surface area contributed by atoms with Crippen LogP contribution < -0.4 is 10.1 Å². The van der Waals surface area contributed by atoms with Crippen molar-refractivity contribution in [1.29, 1.82) is 0 Å². The lowest BCUT2D eigenvalue weighted by atomic mass is 10.1. The summed E-state index contributed by atoms with van der Waals surface area (Å²) in [5.41, 5.74) is 0.166. The van der Waals surface area contributed by atoms with Gasteiger partial charge in [-0.15, -0.1) is 11.8 Å². The fourth-order valence-corrected chi connectivity index (χ4v) is 2.75. The maximum Gasteiger partial charge on any atom is 0.341 e. The van der Waals surface area contributed by atoms with Crippen LogP contribution in [0.4, 0.5) is 5.69 Å². The van der Waals surface area contributed by atoms with Gasteiger partial charge in [0.2, 0.25) is 5.91 Å². The number of phenols is 1. The first-order chi connectivity index (χ1) is 12.0. The fourth-order valence-electron chi connectivity index (χ4n) is 2.05. The molecule has 0 saturated carbocycles. The van der Waals surface area contributed by atoms with E-state index in [9.17, 15) is 14.7 Å². The molecule has 0 saturated heterocycles. The standard InChI is InChI=1S/C18H19NO5S/c1-3-24-12-7-9-13(10-8-12)25-11-16(20)19-15-6-4-5-14(17(15)21)18(22)23-2/h4-10,21H,3,11H2,1-2H3,(H,19,20). The molecule has 0 spiro atoms. The monoisotopic (exact) mass is 361 g/mol. The first kappa shape index (κ1) is 18.7. The number of hydrogen-bond acceptors (Lipinski definition) is 6. The van der Waals surface area contributed by atoms with E-state index < -0.39 is 5.97 Å². The summed E-state index contributed by atoms with van der Waals surface area (Å²) in [5.74, 6) is -0.334. The first-order valence-electron chi connectivity index (χ1n) is 7.61. The summed E-state index contributed by atoms with van der Waals surface area (Å²) in [6.45, 7) is 2.51. The van der Waals surface area contributed by atoms with Crippen molar-refractivity contribution < 1.29 is 24.2 Å². The van der Waals surface area contributed by atoms with E-state index in [2.05, 4.69) is 10.1 Å². The molecule has 0 radical (unpaired) electrons. The van der Waals surface area contributed by atoms with Gasteiger partial charge in [-0.05, 0) is 43.3 Å². The van der Waals surface area contributed by atoms with Crippen LogP contribution in [0.2, 0.25) is 0 Å². The average Bonchev–Trinajstić information content (AvgIpc) is 2.62. The number of anilines is 1. The van der Waals surface area contributed by atoms with Gasteiger partial charge >= 0.3 is 5.97 Å². The van der Waals surface area contributed by atoms with E-state index in [1.165, 1.54) is 31.0 Å². The van der Waals surface area contributed by atoms with Gasteiger partial charge in [0.05, 0.1) is 25.2 Å². The van der Waals surface area contributed by atoms with Gasteiger partial charge in [0.25, 0.3) is 0 Å². The van der Waals surface area contributed by atoms with Crippen LogP contribution in [0.1, 0.15) is 17.3 Å². The summed E-state index contributed by atoms with van der Waals surface area (Å²) in [7, 11) is 1.22. The average molecular weight is 361 g/mol. The highest BCUT2D eigenvalue weighted by Crippen LogP contribution is 2.28. The molecule has 0 aliphatic heterocycles. The zero-order chi connectivity index (χ0) is 18.2. The van der Waals surface area contributed by atoms with Crippen LogP contribution in [0.5, 0.6) is 11.5 Å². The lowest BCUT2D eigenvalue weighted by Gasteiger charge is -2.10. The normalized spacial score (nSPS) is 10.2. The van der Waals surface area contributed by atoms with Crippen molar-refractivity contribution in [2.75, 3.05) is 24.8 Å². The number of rotatable bonds is 7. The molecule has 0 heterocycles. The number of nitrogens with one attached hydrogen (secondary N) is 1. The lowest BCUT2D eigenvalue weighted by molar-refractivity contribution is -0.113. The molecule has 2 aromatic rings. The molecule has 0 aromatic heterocycles. The molecule has 0 aliphatic rings. The van der Waals surface area contributed by atoms with Gasteiger partial charge in [-0.1, -0.05) is 6.07 Å². The number of methoxy groups -OCH3 is 1. The SMILES string of the molecule is CCOc1ccc(SCC(=O)Nc2cccc(C(=O)OC)c2O)cc1. The van der Waals surface area contributed by atoms with Crippen molar-refractivity contribution in [3.63, 3.8) is 0 Å². The van der Waals surface area contributed by atoms with E-state index >= 15 is 0 Å². The van der Waals surface area contributed by atoms with Crippen LogP contribution in [0.25, 0.3) is 0 Å². The van der Waals surface area contributed by atoms with Gasteiger partial charge in [0.15, 0.2) is 5.75 Å². The number of esters is 1. The van der Waals surface area contributed by atoms with Crippen molar-refractivity contribution in [3.05, 3.63) is 48.0 Å². The van der Waals surface area contributed by atoms with Gasteiger partial charge in [-0.2, -0.15) is 0 Å². The molecule has 2 aromatic carbocycles. The van der Waals surface area contributed by atoms with E-state index in [0.29, 0.717) is 6.61 Å². The summed E-state index contributed by atoms with van der Waals surface area (Å²) in [5, 5.41) is 12.7. The highest BCUT2D eigenvalue weighted by Gasteiger charge is 2.16. The summed E-state index contributed by atoms with van der Waals surface area (Å²) >= 11 is 1.35. The van der Waals surface area contributed by atoms with Crippen LogP contribution in [0, 0.1) is 0 Å². The molecule has 7 heteroatoms. The first-order valence-corrected chi connectivity index (χ1v) is 8.59. The van der Waals surface area contributed by atoms with Gasteiger partial charge in [-0.25, -0.2) is 4.79 Å². The quantitative estimate of drug-likeness (QED) is 0.447. The second-order valence-corrected chi connectivity index (χ2v) is 5.98. The Morgan fingerprint density at radius 1 is 1.16 bits per heavy atom. The Morgan fingerprint density at radius 2 is 1.88 bits per heavy atom. The third-order valence-electron chi connectivity index (χ3n) is 3.22.